The van der Waals surface area contributed by atoms with Crippen LogP contribution in [0.1, 0.15) is 11.8 Å². The predicted octanol–water partition coefficient (Wildman–Crippen LogP) is -1.42. The summed E-state index contributed by atoms with van der Waals surface area (Å²) >= 11 is 0. The van der Waals surface area contributed by atoms with E-state index >= 15 is 0 Å². The molecule has 0 spiro atoms. The molecule has 0 aliphatic carbocycles. The van der Waals surface area contributed by atoms with E-state index < -0.39 is 47.3 Å². The van der Waals surface area contributed by atoms with Crippen LogP contribution in [0.25, 0.3) is 0 Å². The molecule has 1 aliphatic rings. The molecule has 1 aromatic heterocycles. The van der Waals surface area contributed by atoms with Crippen LogP contribution in [0, 0.1) is 10.1 Å². The number of rotatable bonds is 5. The van der Waals surface area contributed by atoms with Crippen LogP contribution in [0.15, 0.2) is 46.1 Å². The van der Waals surface area contributed by atoms with Gasteiger partial charge in [0.05, 0.1) is 18.1 Å². The Kier molecular flexibility index (Phi) is 5.19. The Morgan fingerprint density at radius 1 is 1.11 bits per heavy atom. The second kappa shape index (κ2) is 7.40. The highest BCUT2D eigenvalue weighted by Gasteiger charge is 2.43. The monoisotopic (exact) mass is 379 g/mol. The largest absolute Gasteiger partial charge is 0.394 e. The maximum Gasteiger partial charge on any atom is 0.333 e. The standard InChI is InChI=1S/C16H17N3O8/c20-8-11-13(22)14(23)15(27-11)17-6-5-12(21)18(16(17)24)7-9-1-3-10(4-2-9)19(25)26/h1-6,11,13-15,20,22-23H,7-8H2/t11-,13?,14+,15-/m1/s1. The fraction of sp³-hybridized carbons (Fsp3) is 0.375. The first kappa shape index (κ1) is 18.9. The first-order chi connectivity index (χ1) is 12.8. The molecule has 144 valence electrons. The third kappa shape index (κ3) is 3.53. The average Bonchev–Trinajstić information content (AvgIpc) is 2.94. The minimum Gasteiger partial charge on any atom is -0.394 e. The van der Waals surface area contributed by atoms with Crippen LogP contribution < -0.4 is 11.2 Å². The summed E-state index contributed by atoms with van der Waals surface area (Å²) in [5.74, 6) is 0. The van der Waals surface area contributed by atoms with Gasteiger partial charge in [-0.25, -0.2) is 4.79 Å². The number of hydrogen-bond donors (Lipinski definition) is 3. The number of ether oxygens (including phenoxy) is 1. The SMILES string of the molecule is O=c1ccn([C@@H]2O[C@H](CO)C(O)[C@@H]2O)c(=O)n1Cc1ccc([N+](=O)[O-])cc1. The van der Waals surface area contributed by atoms with Gasteiger partial charge in [0.1, 0.15) is 18.3 Å². The van der Waals surface area contributed by atoms with Crippen LogP contribution in [0.5, 0.6) is 0 Å². The highest BCUT2D eigenvalue weighted by molar-refractivity contribution is 5.32. The van der Waals surface area contributed by atoms with Gasteiger partial charge in [-0.3, -0.25) is 24.0 Å². The van der Waals surface area contributed by atoms with E-state index in [1.54, 1.807) is 0 Å². The molecule has 11 nitrogen and oxygen atoms in total. The maximum absolute atomic E-state index is 12.7. The Balaban J connectivity index is 1.94. The van der Waals surface area contributed by atoms with Crippen molar-refractivity contribution in [2.45, 2.75) is 31.1 Å². The molecule has 0 saturated carbocycles. The summed E-state index contributed by atoms with van der Waals surface area (Å²) in [7, 11) is 0. The number of benzene rings is 1. The smallest absolute Gasteiger partial charge is 0.333 e. The lowest BCUT2D eigenvalue weighted by Gasteiger charge is -2.18. The molecular formula is C16H17N3O8. The van der Waals surface area contributed by atoms with E-state index in [1.165, 1.54) is 24.3 Å². The van der Waals surface area contributed by atoms with Crippen molar-refractivity contribution in [2.24, 2.45) is 0 Å². The lowest BCUT2D eigenvalue weighted by molar-refractivity contribution is -0.384. The molecule has 1 aliphatic heterocycles. The Bertz CT molecular complexity index is 951. The average molecular weight is 379 g/mol. The lowest BCUT2D eigenvalue weighted by atomic mass is 10.1. The van der Waals surface area contributed by atoms with Crippen LogP contribution in [-0.4, -0.2) is 54.3 Å². The summed E-state index contributed by atoms with van der Waals surface area (Å²) in [6.07, 6.45) is -4.05. The van der Waals surface area contributed by atoms with E-state index in [0.717, 1.165) is 21.4 Å². The minimum atomic E-state index is -1.47. The fourth-order valence-corrected chi connectivity index (χ4v) is 2.89. The van der Waals surface area contributed by atoms with Crippen LogP contribution in [0.2, 0.25) is 0 Å². The van der Waals surface area contributed by atoms with Gasteiger partial charge in [0, 0.05) is 24.4 Å². The molecule has 2 heterocycles. The zero-order valence-electron chi connectivity index (χ0n) is 13.9. The third-order valence-electron chi connectivity index (χ3n) is 4.37. The molecule has 2 aromatic rings. The number of aliphatic hydroxyl groups excluding tert-OH is 3. The number of aliphatic hydroxyl groups is 3. The van der Waals surface area contributed by atoms with Crippen molar-refractivity contribution in [1.29, 1.82) is 0 Å². The van der Waals surface area contributed by atoms with Crippen LogP contribution in [0.4, 0.5) is 5.69 Å². The molecule has 3 rings (SSSR count). The van der Waals surface area contributed by atoms with E-state index in [1.807, 2.05) is 0 Å². The number of aromatic nitrogens is 2. The first-order valence-electron chi connectivity index (χ1n) is 8.01. The summed E-state index contributed by atoms with van der Waals surface area (Å²) in [6, 6.07) is 6.46. The molecular weight excluding hydrogens is 362 g/mol. The maximum atomic E-state index is 12.7. The van der Waals surface area contributed by atoms with Crippen molar-refractivity contribution in [3.8, 4) is 0 Å². The van der Waals surface area contributed by atoms with E-state index in [9.17, 15) is 29.9 Å². The Labute approximate surface area is 151 Å². The van der Waals surface area contributed by atoms with Gasteiger partial charge < -0.3 is 20.1 Å². The summed E-state index contributed by atoms with van der Waals surface area (Å²) < 4.78 is 7.14. The van der Waals surface area contributed by atoms with Crippen LogP contribution in [-0.2, 0) is 11.3 Å². The van der Waals surface area contributed by atoms with E-state index in [0.29, 0.717) is 5.56 Å². The lowest BCUT2D eigenvalue weighted by Crippen LogP contribution is -2.43. The molecule has 1 unspecified atom stereocenters. The van der Waals surface area contributed by atoms with Gasteiger partial charge in [0.2, 0.25) is 0 Å². The summed E-state index contributed by atoms with van der Waals surface area (Å²) in [6.45, 7) is -0.697. The van der Waals surface area contributed by atoms with Gasteiger partial charge in [0.15, 0.2) is 6.23 Å². The van der Waals surface area contributed by atoms with E-state index in [-0.39, 0.29) is 12.2 Å². The first-order valence-corrected chi connectivity index (χ1v) is 8.01. The van der Waals surface area contributed by atoms with Crippen molar-refractivity contribution in [3.63, 3.8) is 0 Å². The van der Waals surface area contributed by atoms with Crippen LogP contribution >= 0.6 is 0 Å². The Morgan fingerprint density at radius 2 is 1.78 bits per heavy atom. The number of nitrogens with zero attached hydrogens (tertiary/aromatic N) is 3. The molecule has 1 aromatic carbocycles. The van der Waals surface area contributed by atoms with Gasteiger partial charge in [0.25, 0.3) is 11.2 Å². The molecule has 27 heavy (non-hydrogen) atoms. The van der Waals surface area contributed by atoms with Gasteiger partial charge in [-0.2, -0.15) is 0 Å². The predicted molar refractivity (Wildman–Crippen MR) is 90.2 cm³/mol. The van der Waals surface area contributed by atoms with Crippen molar-refractivity contribution in [1.82, 2.24) is 9.13 Å². The molecule has 0 amide bonds. The van der Waals surface area contributed by atoms with Gasteiger partial charge >= 0.3 is 5.69 Å². The topological polar surface area (TPSA) is 157 Å². The molecule has 11 heteroatoms. The zero-order chi connectivity index (χ0) is 19.7. The quantitative estimate of drug-likeness (QED) is 0.422. The molecule has 0 radical (unpaired) electrons. The Morgan fingerprint density at radius 3 is 2.33 bits per heavy atom. The second-order valence-corrected chi connectivity index (χ2v) is 6.08. The van der Waals surface area contributed by atoms with Crippen molar-refractivity contribution in [3.05, 3.63) is 73.0 Å². The number of non-ortho nitro benzene ring substituents is 1. The van der Waals surface area contributed by atoms with Crippen LogP contribution in [0.3, 0.4) is 0 Å². The van der Waals surface area contributed by atoms with Gasteiger partial charge in [-0.1, -0.05) is 12.1 Å². The van der Waals surface area contributed by atoms with Crippen molar-refractivity contribution < 1.29 is 25.0 Å². The molecule has 4 atom stereocenters. The van der Waals surface area contributed by atoms with E-state index in [4.69, 9.17) is 9.84 Å². The van der Waals surface area contributed by atoms with Crippen molar-refractivity contribution in [2.75, 3.05) is 6.61 Å². The molecule has 1 saturated heterocycles. The number of nitro groups is 1. The summed E-state index contributed by atoms with van der Waals surface area (Å²) in [5, 5.41) is 39.8. The second-order valence-electron chi connectivity index (χ2n) is 6.08. The fourth-order valence-electron chi connectivity index (χ4n) is 2.89. The number of nitro benzene ring substituents is 1. The highest BCUT2D eigenvalue weighted by atomic mass is 16.6. The summed E-state index contributed by atoms with van der Waals surface area (Å²) in [5.41, 5.74) is -1.04. The summed E-state index contributed by atoms with van der Waals surface area (Å²) in [4.78, 5) is 34.9. The molecule has 3 N–H and O–H groups in total. The van der Waals surface area contributed by atoms with E-state index in [2.05, 4.69) is 0 Å². The third-order valence-corrected chi connectivity index (χ3v) is 4.37. The molecule has 0 bridgehead atoms. The number of hydrogen-bond acceptors (Lipinski definition) is 8. The zero-order valence-corrected chi connectivity index (χ0v) is 13.9. The normalized spacial score (nSPS) is 24.9. The molecule has 1 fully saturated rings. The highest BCUT2D eigenvalue weighted by Crippen LogP contribution is 2.27. The van der Waals surface area contributed by atoms with Crippen molar-refractivity contribution >= 4 is 5.69 Å². The van der Waals surface area contributed by atoms with Gasteiger partial charge in [-0.15, -0.1) is 0 Å². The van der Waals surface area contributed by atoms with Gasteiger partial charge in [-0.05, 0) is 5.56 Å². The Hall–Kier alpha value is -2.86. The minimum absolute atomic E-state index is 0.122.